The first-order chi connectivity index (χ1) is 9.61. The summed E-state index contributed by atoms with van der Waals surface area (Å²) in [6, 6.07) is 1.81. The van der Waals surface area contributed by atoms with Crippen LogP contribution in [0.1, 0.15) is 39.0 Å². The van der Waals surface area contributed by atoms with E-state index >= 15 is 0 Å². The van der Waals surface area contributed by atoms with Gasteiger partial charge in [0.15, 0.2) is 0 Å². The monoisotopic (exact) mass is 283 g/mol. The Bertz CT molecular complexity index is 312. The number of nitrogens with zero attached hydrogens (tertiary/aromatic N) is 1. The van der Waals surface area contributed by atoms with Gasteiger partial charge in [-0.1, -0.05) is 0 Å². The van der Waals surface area contributed by atoms with Crippen LogP contribution < -0.4 is 10.6 Å². The number of hydrogen-bond acceptors (Lipinski definition) is 4. The third-order valence-corrected chi connectivity index (χ3v) is 4.84. The molecule has 0 radical (unpaired) electrons. The Morgan fingerprint density at radius 1 is 1.40 bits per heavy atom. The molecule has 0 aliphatic carbocycles. The van der Waals surface area contributed by atoms with Crippen molar-refractivity contribution in [1.29, 1.82) is 0 Å². The van der Waals surface area contributed by atoms with Crippen molar-refractivity contribution in [2.45, 2.75) is 63.2 Å². The van der Waals surface area contributed by atoms with Crippen LogP contribution in [0.3, 0.4) is 0 Å². The minimum absolute atomic E-state index is 0.0555. The van der Waals surface area contributed by atoms with Crippen molar-refractivity contribution in [2.75, 3.05) is 27.3 Å². The molecule has 2 aliphatic heterocycles. The topological polar surface area (TPSA) is 53.6 Å². The molecule has 116 valence electrons. The minimum Gasteiger partial charge on any atom is -0.385 e. The fourth-order valence-corrected chi connectivity index (χ4v) is 3.44. The summed E-state index contributed by atoms with van der Waals surface area (Å²) in [4.78, 5) is 14.4. The highest BCUT2D eigenvalue weighted by atomic mass is 16.5. The van der Waals surface area contributed by atoms with Crippen LogP contribution >= 0.6 is 0 Å². The summed E-state index contributed by atoms with van der Waals surface area (Å²) < 4.78 is 4.99. The molecular weight excluding hydrogens is 254 g/mol. The van der Waals surface area contributed by atoms with Gasteiger partial charge in [-0.3, -0.25) is 9.69 Å². The zero-order valence-corrected chi connectivity index (χ0v) is 13.0. The molecule has 0 spiro atoms. The number of carbonyl (C=O) groups is 1. The number of hydrogen-bond donors (Lipinski definition) is 2. The number of fused-ring (bicyclic) bond motifs is 2. The molecule has 20 heavy (non-hydrogen) atoms. The van der Waals surface area contributed by atoms with Crippen LogP contribution in [0.4, 0.5) is 0 Å². The van der Waals surface area contributed by atoms with E-state index in [2.05, 4.69) is 22.6 Å². The molecule has 0 aromatic heterocycles. The number of nitrogens with one attached hydrogen (secondary N) is 2. The first kappa shape index (κ1) is 15.7. The molecule has 0 aromatic carbocycles. The van der Waals surface area contributed by atoms with Crippen molar-refractivity contribution in [2.24, 2.45) is 0 Å². The summed E-state index contributed by atoms with van der Waals surface area (Å²) in [5.74, 6) is 0.134. The van der Waals surface area contributed by atoms with Gasteiger partial charge in [0.1, 0.15) is 0 Å². The highest BCUT2D eigenvalue weighted by Gasteiger charge is 2.37. The molecule has 2 N–H and O–H groups in total. The third kappa shape index (κ3) is 3.93. The molecule has 0 saturated carbocycles. The van der Waals surface area contributed by atoms with Crippen LogP contribution in [0.25, 0.3) is 0 Å². The van der Waals surface area contributed by atoms with E-state index < -0.39 is 0 Å². The quantitative estimate of drug-likeness (QED) is 0.677. The Balaban J connectivity index is 1.76. The van der Waals surface area contributed by atoms with E-state index in [9.17, 15) is 4.79 Å². The van der Waals surface area contributed by atoms with E-state index in [1.54, 1.807) is 7.11 Å². The number of ether oxygens (including phenoxy) is 1. The van der Waals surface area contributed by atoms with Crippen LogP contribution in [0, 0.1) is 0 Å². The van der Waals surface area contributed by atoms with E-state index in [0.29, 0.717) is 31.3 Å². The summed E-state index contributed by atoms with van der Waals surface area (Å²) in [6.07, 6.45) is 5.82. The summed E-state index contributed by atoms with van der Waals surface area (Å²) in [7, 11) is 3.78. The number of rotatable bonds is 7. The molecule has 2 rings (SSSR count). The number of carbonyl (C=O) groups excluding carboxylic acids is 1. The summed E-state index contributed by atoms with van der Waals surface area (Å²) in [5, 5.41) is 6.65. The van der Waals surface area contributed by atoms with Crippen LogP contribution in [0.15, 0.2) is 0 Å². The van der Waals surface area contributed by atoms with E-state index in [-0.39, 0.29) is 11.9 Å². The predicted molar refractivity (Wildman–Crippen MR) is 79.7 cm³/mol. The normalized spacial score (nSPS) is 30.5. The van der Waals surface area contributed by atoms with Gasteiger partial charge in [0, 0.05) is 38.4 Å². The maximum atomic E-state index is 12.2. The summed E-state index contributed by atoms with van der Waals surface area (Å²) in [5.41, 5.74) is 0. The molecule has 2 aliphatic rings. The summed E-state index contributed by atoms with van der Waals surface area (Å²) in [6.45, 7) is 3.40. The molecule has 2 heterocycles. The first-order valence-electron chi connectivity index (χ1n) is 7.86. The molecule has 2 saturated heterocycles. The molecule has 3 atom stereocenters. The number of likely N-dealkylation sites (N-methyl/N-ethyl adjacent to an activating group) is 1. The number of methoxy groups -OCH3 is 1. The second-order valence-corrected chi connectivity index (χ2v) is 6.24. The molecule has 5 heteroatoms. The van der Waals surface area contributed by atoms with Gasteiger partial charge >= 0.3 is 0 Å². The minimum atomic E-state index is -0.0555. The molecule has 5 nitrogen and oxygen atoms in total. The van der Waals surface area contributed by atoms with E-state index in [1.807, 2.05) is 6.92 Å². The van der Waals surface area contributed by atoms with Crippen LogP contribution in [0.2, 0.25) is 0 Å². The fraction of sp³-hybridized carbons (Fsp3) is 0.933. The molecule has 2 fully saturated rings. The molecule has 2 bridgehead atoms. The second-order valence-electron chi connectivity index (χ2n) is 6.24. The van der Waals surface area contributed by atoms with Gasteiger partial charge in [-0.25, -0.2) is 0 Å². The van der Waals surface area contributed by atoms with Crippen molar-refractivity contribution in [3.8, 4) is 0 Å². The van der Waals surface area contributed by atoms with Crippen LogP contribution in [-0.2, 0) is 9.53 Å². The van der Waals surface area contributed by atoms with E-state index in [4.69, 9.17) is 4.74 Å². The van der Waals surface area contributed by atoms with Gasteiger partial charge in [0.05, 0.1) is 6.04 Å². The smallest absolute Gasteiger partial charge is 0.237 e. The second kappa shape index (κ2) is 7.38. The first-order valence-corrected chi connectivity index (χ1v) is 7.86. The van der Waals surface area contributed by atoms with E-state index in [1.165, 1.54) is 25.7 Å². The lowest BCUT2D eigenvalue weighted by Gasteiger charge is -2.38. The lowest BCUT2D eigenvalue weighted by molar-refractivity contribution is -0.126. The van der Waals surface area contributed by atoms with Gasteiger partial charge < -0.3 is 15.4 Å². The van der Waals surface area contributed by atoms with Gasteiger partial charge in [0.25, 0.3) is 0 Å². The van der Waals surface area contributed by atoms with E-state index in [0.717, 1.165) is 6.42 Å². The predicted octanol–water partition coefficient (Wildman–Crippen LogP) is 0.742. The Morgan fingerprint density at radius 2 is 2.05 bits per heavy atom. The average Bonchev–Trinajstić information content (AvgIpc) is 2.80. The Morgan fingerprint density at radius 3 is 2.65 bits per heavy atom. The Hall–Kier alpha value is -0.650. The lowest BCUT2D eigenvalue weighted by atomic mass is 9.97. The standard InChI is InChI=1S/C15H29N3O2/c1-11(15(19)16-7-4-8-20-3)18(2)14-9-12-5-6-13(10-14)17-12/h11-14,17H,4-10H2,1-3H3,(H,16,19). The Kier molecular flexibility index (Phi) is 5.81. The largest absolute Gasteiger partial charge is 0.385 e. The number of piperidine rings is 1. The van der Waals surface area contributed by atoms with Gasteiger partial charge in [-0.05, 0) is 46.1 Å². The van der Waals surface area contributed by atoms with Gasteiger partial charge in [-0.15, -0.1) is 0 Å². The van der Waals surface area contributed by atoms with Crippen molar-refractivity contribution in [3.05, 3.63) is 0 Å². The third-order valence-electron chi connectivity index (χ3n) is 4.84. The molecular formula is C15H29N3O2. The van der Waals surface area contributed by atoms with Crippen LogP contribution in [0.5, 0.6) is 0 Å². The zero-order chi connectivity index (χ0) is 14.5. The lowest BCUT2D eigenvalue weighted by Crippen LogP contribution is -2.53. The summed E-state index contributed by atoms with van der Waals surface area (Å²) >= 11 is 0. The molecule has 3 unspecified atom stereocenters. The van der Waals surface area contributed by atoms with Crippen molar-refractivity contribution in [1.82, 2.24) is 15.5 Å². The molecule has 1 amide bonds. The SMILES string of the molecule is COCCCNC(=O)C(C)N(C)C1CC2CCC(C1)N2. The fourth-order valence-electron chi connectivity index (χ4n) is 3.44. The van der Waals surface area contributed by atoms with Gasteiger partial charge in [-0.2, -0.15) is 0 Å². The maximum absolute atomic E-state index is 12.2. The van der Waals surface area contributed by atoms with Crippen LogP contribution in [-0.4, -0.2) is 62.3 Å². The number of amides is 1. The van der Waals surface area contributed by atoms with Gasteiger partial charge in [0.2, 0.25) is 5.91 Å². The highest BCUT2D eigenvalue weighted by molar-refractivity contribution is 5.81. The van der Waals surface area contributed by atoms with Crippen molar-refractivity contribution >= 4 is 5.91 Å². The Labute approximate surface area is 122 Å². The zero-order valence-electron chi connectivity index (χ0n) is 13.0. The highest BCUT2D eigenvalue weighted by Crippen LogP contribution is 2.29. The van der Waals surface area contributed by atoms with Crippen molar-refractivity contribution < 1.29 is 9.53 Å². The maximum Gasteiger partial charge on any atom is 0.237 e. The average molecular weight is 283 g/mol. The van der Waals surface area contributed by atoms with Crippen molar-refractivity contribution in [3.63, 3.8) is 0 Å². The molecule has 0 aromatic rings.